The van der Waals surface area contributed by atoms with Crippen LogP contribution in [-0.2, 0) is 9.59 Å². The molecule has 0 bridgehead atoms. The number of aromatic nitrogens is 4. The Morgan fingerprint density at radius 1 is 0.778 bits per heavy atom. The second-order valence-corrected chi connectivity index (χ2v) is 16.1. The molecule has 4 heterocycles. The first-order chi connectivity index (χ1) is 25.8. The van der Waals surface area contributed by atoms with Crippen molar-refractivity contribution in [2.45, 2.75) is 98.3 Å². The van der Waals surface area contributed by atoms with Crippen molar-refractivity contribution in [1.29, 1.82) is 0 Å². The van der Waals surface area contributed by atoms with E-state index in [1.807, 2.05) is 24.9 Å². The normalized spacial score (nSPS) is 18.8. The monoisotopic (exact) mass is 736 g/mol. The van der Waals surface area contributed by atoms with Crippen LogP contribution in [0.3, 0.4) is 0 Å². The van der Waals surface area contributed by atoms with Crippen LogP contribution in [0.2, 0.25) is 0 Å². The van der Waals surface area contributed by atoms with E-state index >= 15 is 0 Å². The molecule has 0 unspecified atom stereocenters. The maximum atomic E-state index is 14.0. The Hall–Kier alpha value is -4.97. The number of rotatable bonds is 12. The molecule has 0 aliphatic carbocycles. The Kier molecular flexibility index (Phi) is 11.6. The lowest BCUT2D eigenvalue weighted by molar-refractivity contribution is -0.142. The molecule has 12 heteroatoms. The van der Waals surface area contributed by atoms with Gasteiger partial charge in [-0.1, -0.05) is 97.0 Å². The molecule has 3 amide bonds. The van der Waals surface area contributed by atoms with Crippen LogP contribution >= 0.6 is 0 Å². The quantitative estimate of drug-likeness (QED) is 0.118. The summed E-state index contributed by atoms with van der Waals surface area (Å²) < 4.78 is 0. The maximum absolute atomic E-state index is 14.0. The number of imidazole rings is 2. The number of nitrogens with one attached hydrogen (secondary N) is 3. The van der Waals surface area contributed by atoms with Gasteiger partial charge in [0.1, 0.15) is 17.7 Å². The van der Waals surface area contributed by atoms with Crippen LogP contribution in [0, 0.1) is 11.3 Å². The Labute approximate surface area is 318 Å². The number of benzene rings is 2. The molecule has 2 aromatic carbocycles. The van der Waals surface area contributed by atoms with E-state index in [9.17, 15) is 19.5 Å². The fourth-order valence-corrected chi connectivity index (χ4v) is 8.26. The molecule has 0 spiro atoms. The summed E-state index contributed by atoms with van der Waals surface area (Å²) in [5.41, 5.74) is 5.78. The Balaban J connectivity index is 1.12. The number of H-pyrrole nitrogens is 2. The minimum atomic E-state index is -1.20. The van der Waals surface area contributed by atoms with E-state index in [-0.39, 0.29) is 41.3 Å². The molecule has 2 fully saturated rings. The molecule has 4 atom stereocenters. The number of aromatic amines is 2. The van der Waals surface area contributed by atoms with Crippen LogP contribution in [-0.4, -0.2) is 95.9 Å². The van der Waals surface area contributed by atoms with Crippen molar-refractivity contribution in [3.63, 3.8) is 0 Å². The fraction of sp³-hybridized carbons (Fsp3) is 0.500. The highest BCUT2D eigenvalue weighted by Gasteiger charge is 2.42. The molecular weight excluding hydrogens is 681 g/mol. The van der Waals surface area contributed by atoms with Crippen LogP contribution in [0.5, 0.6) is 0 Å². The van der Waals surface area contributed by atoms with E-state index in [0.717, 1.165) is 84.8 Å². The van der Waals surface area contributed by atoms with Gasteiger partial charge in [0.2, 0.25) is 11.8 Å². The topological polar surface area (TPSA) is 151 Å². The van der Waals surface area contributed by atoms with Crippen molar-refractivity contribution in [2.75, 3.05) is 26.2 Å². The maximum Gasteiger partial charge on any atom is 0.405 e. The third-order valence-corrected chi connectivity index (χ3v) is 11.1. The molecule has 4 aromatic rings. The average Bonchev–Trinajstić information content (AvgIpc) is 3.98. The average molecular weight is 737 g/mol. The first-order valence-corrected chi connectivity index (χ1v) is 19.5. The first kappa shape index (κ1) is 38.7. The second-order valence-electron chi connectivity index (χ2n) is 16.1. The number of hydrogen-bond donors (Lipinski definition) is 4. The van der Waals surface area contributed by atoms with Gasteiger partial charge < -0.3 is 30.2 Å². The van der Waals surface area contributed by atoms with Gasteiger partial charge in [0.15, 0.2) is 0 Å². The smallest absolute Gasteiger partial charge is 0.405 e. The van der Waals surface area contributed by atoms with E-state index in [1.54, 1.807) is 11.1 Å². The van der Waals surface area contributed by atoms with E-state index in [4.69, 9.17) is 4.98 Å². The summed E-state index contributed by atoms with van der Waals surface area (Å²) in [7, 11) is 0. The fourth-order valence-electron chi connectivity index (χ4n) is 8.26. The standard InChI is InChI=1S/C42H56N8O4/c1-8-48(9-2)36(42(5,6)7)40(52)50-23-11-13-34(50)38-44-25-32(46-38)30-20-16-28(17-21-30)27-14-18-29(19-15-27)31-24-43-37(45-31)33-12-10-22-49(33)39(51)35(26(3)4)47-41(53)54/h14-21,24-26,33-36,47H,8-13,22-23H2,1-7H3,(H,43,45)(H,44,46)(H,53,54)/t33-,34-,35-,36-/m0/s1. The molecule has 0 radical (unpaired) electrons. The summed E-state index contributed by atoms with van der Waals surface area (Å²) in [5.74, 6) is 1.34. The first-order valence-electron chi connectivity index (χ1n) is 19.5. The molecule has 288 valence electrons. The molecule has 54 heavy (non-hydrogen) atoms. The van der Waals surface area contributed by atoms with Crippen molar-refractivity contribution in [1.82, 2.24) is 40.0 Å². The van der Waals surface area contributed by atoms with Gasteiger partial charge in [0.25, 0.3) is 0 Å². The zero-order chi connectivity index (χ0) is 38.7. The number of carboxylic acid groups (broad SMARTS) is 1. The largest absolute Gasteiger partial charge is 0.465 e. The molecule has 12 nitrogen and oxygen atoms in total. The number of hydrogen-bond acceptors (Lipinski definition) is 6. The second kappa shape index (κ2) is 16.2. The minimum absolute atomic E-state index is 0.0617. The summed E-state index contributed by atoms with van der Waals surface area (Å²) in [6, 6.07) is 15.4. The van der Waals surface area contributed by atoms with Crippen LogP contribution in [0.15, 0.2) is 60.9 Å². The lowest BCUT2D eigenvalue weighted by atomic mass is 9.84. The highest BCUT2D eigenvalue weighted by molar-refractivity contribution is 5.86. The summed E-state index contributed by atoms with van der Waals surface area (Å²) in [5, 5.41) is 11.7. The summed E-state index contributed by atoms with van der Waals surface area (Å²) in [6.45, 7) is 17.4. The van der Waals surface area contributed by atoms with E-state index in [0.29, 0.717) is 12.4 Å². The van der Waals surface area contributed by atoms with Gasteiger partial charge in [-0.05, 0) is 72.4 Å². The minimum Gasteiger partial charge on any atom is -0.465 e. The molecule has 2 aliphatic heterocycles. The van der Waals surface area contributed by atoms with Gasteiger partial charge in [-0.3, -0.25) is 14.5 Å². The molecular formula is C42H56N8O4. The van der Waals surface area contributed by atoms with Crippen LogP contribution in [0.4, 0.5) is 4.79 Å². The predicted octanol–water partition coefficient (Wildman–Crippen LogP) is 7.51. The number of amides is 3. The van der Waals surface area contributed by atoms with Crippen LogP contribution in [0.1, 0.15) is 97.9 Å². The van der Waals surface area contributed by atoms with Gasteiger partial charge in [0.05, 0.1) is 41.9 Å². The molecule has 0 saturated carbocycles. The van der Waals surface area contributed by atoms with E-state index < -0.39 is 12.1 Å². The van der Waals surface area contributed by atoms with Crippen LogP contribution in [0.25, 0.3) is 33.6 Å². The lowest BCUT2D eigenvalue weighted by Crippen LogP contribution is -2.54. The summed E-state index contributed by atoms with van der Waals surface area (Å²) in [4.78, 5) is 61.2. The van der Waals surface area contributed by atoms with Crippen molar-refractivity contribution < 1.29 is 19.5 Å². The third kappa shape index (κ3) is 8.08. The Morgan fingerprint density at radius 3 is 1.59 bits per heavy atom. The molecule has 2 aliphatic rings. The summed E-state index contributed by atoms with van der Waals surface area (Å²) in [6.07, 6.45) is 5.92. The van der Waals surface area contributed by atoms with Gasteiger partial charge in [-0.25, -0.2) is 14.8 Å². The van der Waals surface area contributed by atoms with Gasteiger partial charge >= 0.3 is 6.09 Å². The Morgan fingerprint density at radius 2 is 1.20 bits per heavy atom. The number of carbonyl (C=O) groups is 3. The zero-order valence-electron chi connectivity index (χ0n) is 32.7. The van der Waals surface area contributed by atoms with E-state index in [2.05, 4.69) is 108 Å². The van der Waals surface area contributed by atoms with Crippen molar-refractivity contribution in [3.8, 4) is 33.6 Å². The molecule has 2 aromatic heterocycles. The molecule has 6 rings (SSSR count). The molecule has 2 saturated heterocycles. The van der Waals surface area contributed by atoms with Crippen LogP contribution < -0.4 is 5.32 Å². The van der Waals surface area contributed by atoms with Gasteiger partial charge in [-0.15, -0.1) is 0 Å². The predicted molar refractivity (Wildman–Crippen MR) is 210 cm³/mol. The Bertz CT molecular complexity index is 1900. The number of likely N-dealkylation sites (tertiary alicyclic amines) is 2. The van der Waals surface area contributed by atoms with Gasteiger partial charge in [0, 0.05) is 13.1 Å². The number of carbonyl (C=O) groups excluding carboxylic acids is 2. The SMILES string of the molecule is CCN(CC)[C@@H](C(=O)N1CCC[C@H]1c1ncc(-c2ccc(-c3ccc(-c4cnc([C@@H]5CCCN5C(=O)[C@@H](NC(=O)O)C(C)C)[nH]4)cc3)cc2)[nH]1)C(C)(C)C. The highest BCUT2D eigenvalue weighted by atomic mass is 16.4. The number of likely N-dealkylation sites (N-methyl/N-ethyl adjacent to an activating group) is 1. The van der Waals surface area contributed by atoms with E-state index in [1.165, 1.54) is 0 Å². The lowest BCUT2D eigenvalue weighted by Gasteiger charge is -2.41. The van der Waals surface area contributed by atoms with Crippen molar-refractivity contribution in [3.05, 3.63) is 72.6 Å². The zero-order valence-corrected chi connectivity index (χ0v) is 32.7. The number of nitrogens with zero attached hydrogens (tertiary/aromatic N) is 5. The van der Waals surface area contributed by atoms with Crippen molar-refractivity contribution >= 4 is 17.9 Å². The van der Waals surface area contributed by atoms with Crippen molar-refractivity contribution in [2.24, 2.45) is 11.3 Å². The molecule has 4 N–H and O–H groups in total. The third-order valence-electron chi connectivity index (χ3n) is 11.1. The highest BCUT2D eigenvalue weighted by Crippen LogP contribution is 2.37. The van der Waals surface area contributed by atoms with Gasteiger partial charge in [-0.2, -0.15) is 0 Å². The summed E-state index contributed by atoms with van der Waals surface area (Å²) >= 11 is 0.